The van der Waals surface area contributed by atoms with Crippen LogP contribution in [0.2, 0.25) is 0 Å². The van der Waals surface area contributed by atoms with Gasteiger partial charge in [0, 0.05) is 38.4 Å². The van der Waals surface area contributed by atoms with Gasteiger partial charge in [0.2, 0.25) is 0 Å². The molecule has 1 aliphatic heterocycles. The van der Waals surface area contributed by atoms with Gasteiger partial charge >= 0.3 is 0 Å². The van der Waals surface area contributed by atoms with Crippen molar-refractivity contribution < 1.29 is 4.74 Å². The van der Waals surface area contributed by atoms with Crippen molar-refractivity contribution in [1.82, 2.24) is 14.7 Å². The zero-order valence-corrected chi connectivity index (χ0v) is 15.4. The summed E-state index contributed by atoms with van der Waals surface area (Å²) in [6, 6.07) is 8.56. The summed E-state index contributed by atoms with van der Waals surface area (Å²) < 4.78 is 8.18. The van der Waals surface area contributed by atoms with Gasteiger partial charge in [-0.05, 0) is 36.9 Å². The summed E-state index contributed by atoms with van der Waals surface area (Å²) in [5.41, 5.74) is 9.53. The van der Waals surface area contributed by atoms with E-state index < -0.39 is 0 Å². The largest absolute Gasteiger partial charge is 0.373 e. The van der Waals surface area contributed by atoms with E-state index in [4.69, 9.17) is 10.5 Å². The third kappa shape index (κ3) is 5.14. The van der Waals surface area contributed by atoms with Crippen molar-refractivity contribution >= 4 is 0 Å². The second kappa shape index (κ2) is 8.61. The van der Waals surface area contributed by atoms with E-state index in [1.165, 1.54) is 16.7 Å². The molecule has 2 atom stereocenters. The van der Waals surface area contributed by atoms with Crippen LogP contribution in [0.15, 0.2) is 36.7 Å². The molecule has 0 bridgehead atoms. The standard InChI is InChI=1S/C20H30N4O/c1-3-24(14-18-12-22-23(2)13-18)15-20-8-7-19(25-20)10-16-5-4-6-17(9-16)11-21/h4-6,9,12-13,19-20H,3,7-8,10-11,14-15,21H2,1-2H3/t19-,20+/m0/s1. The van der Waals surface area contributed by atoms with Crippen LogP contribution in [0.5, 0.6) is 0 Å². The van der Waals surface area contributed by atoms with Crippen LogP contribution in [0.1, 0.15) is 36.5 Å². The average Bonchev–Trinajstić information content (AvgIpc) is 3.23. The lowest BCUT2D eigenvalue weighted by Crippen LogP contribution is -2.32. The number of aryl methyl sites for hydroxylation is 1. The van der Waals surface area contributed by atoms with Gasteiger partial charge in [-0.2, -0.15) is 5.10 Å². The summed E-state index contributed by atoms with van der Waals surface area (Å²) in [5.74, 6) is 0. The van der Waals surface area contributed by atoms with Gasteiger partial charge in [0.15, 0.2) is 0 Å². The molecule has 1 fully saturated rings. The number of aromatic nitrogens is 2. The van der Waals surface area contributed by atoms with Crippen molar-refractivity contribution in [2.24, 2.45) is 12.8 Å². The van der Waals surface area contributed by atoms with Crippen LogP contribution in [0, 0.1) is 0 Å². The van der Waals surface area contributed by atoms with Crippen molar-refractivity contribution in [3.63, 3.8) is 0 Å². The number of hydrogen-bond donors (Lipinski definition) is 1. The summed E-state index contributed by atoms with van der Waals surface area (Å²) in [5, 5.41) is 4.26. The number of benzene rings is 1. The Morgan fingerprint density at radius 2 is 2.04 bits per heavy atom. The Morgan fingerprint density at radius 3 is 2.76 bits per heavy atom. The summed E-state index contributed by atoms with van der Waals surface area (Å²) in [6.45, 7) is 5.76. The SMILES string of the molecule is CCN(Cc1cnn(C)c1)C[C@H]1CC[C@@H](Cc2cccc(CN)c2)O1. The third-order valence-electron chi connectivity index (χ3n) is 4.96. The van der Waals surface area contributed by atoms with Gasteiger partial charge in [0.25, 0.3) is 0 Å². The first-order valence-electron chi connectivity index (χ1n) is 9.29. The molecule has 0 unspecified atom stereocenters. The Morgan fingerprint density at radius 1 is 1.24 bits per heavy atom. The molecule has 1 saturated heterocycles. The molecule has 1 aromatic heterocycles. The molecule has 2 aromatic rings. The normalized spacial score (nSPS) is 20.5. The highest BCUT2D eigenvalue weighted by atomic mass is 16.5. The molecule has 1 aliphatic rings. The zero-order chi connectivity index (χ0) is 17.6. The predicted molar refractivity (Wildman–Crippen MR) is 100 cm³/mol. The number of rotatable bonds is 8. The molecule has 0 saturated carbocycles. The van der Waals surface area contributed by atoms with Crippen molar-refractivity contribution in [3.8, 4) is 0 Å². The van der Waals surface area contributed by atoms with E-state index in [1.54, 1.807) is 0 Å². The predicted octanol–water partition coefficient (Wildman–Crippen LogP) is 2.49. The van der Waals surface area contributed by atoms with E-state index in [0.29, 0.717) is 18.8 Å². The maximum Gasteiger partial charge on any atom is 0.0707 e. The van der Waals surface area contributed by atoms with Crippen LogP contribution < -0.4 is 5.73 Å². The van der Waals surface area contributed by atoms with Gasteiger partial charge in [0.05, 0.1) is 18.4 Å². The monoisotopic (exact) mass is 342 g/mol. The van der Waals surface area contributed by atoms with Gasteiger partial charge in [-0.1, -0.05) is 31.2 Å². The summed E-state index contributed by atoms with van der Waals surface area (Å²) in [6.07, 6.45) is 7.97. The first kappa shape index (κ1) is 18.1. The molecule has 2 N–H and O–H groups in total. The first-order chi connectivity index (χ1) is 12.2. The van der Waals surface area contributed by atoms with Crippen LogP contribution in [0.4, 0.5) is 0 Å². The minimum atomic E-state index is 0.329. The van der Waals surface area contributed by atoms with Crippen LogP contribution in [0.3, 0.4) is 0 Å². The quantitative estimate of drug-likeness (QED) is 0.801. The Bertz CT molecular complexity index is 669. The summed E-state index contributed by atoms with van der Waals surface area (Å²) in [4.78, 5) is 2.44. The summed E-state index contributed by atoms with van der Waals surface area (Å²) in [7, 11) is 1.96. The maximum atomic E-state index is 6.32. The van der Waals surface area contributed by atoms with Gasteiger partial charge < -0.3 is 10.5 Å². The van der Waals surface area contributed by atoms with E-state index >= 15 is 0 Å². The fraction of sp³-hybridized carbons (Fsp3) is 0.550. The molecular formula is C20H30N4O. The lowest BCUT2D eigenvalue weighted by molar-refractivity contribution is 0.0227. The van der Waals surface area contributed by atoms with Crippen molar-refractivity contribution in [2.45, 2.75) is 51.5 Å². The molecular weight excluding hydrogens is 312 g/mol. The number of ether oxygens (including phenoxy) is 1. The minimum absolute atomic E-state index is 0.329. The number of hydrogen-bond acceptors (Lipinski definition) is 4. The lowest BCUT2D eigenvalue weighted by Gasteiger charge is -2.23. The van der Waals surface area contributed by atoms with Crippen LogP contribution in [-0.4, -0.2) is 40.0 Å². The second-order valence-electron chi connectivity index (χ2n) is 7.04. The molecule has 25 heavy (non-hydrogen) atoms. The molecule has 2 heterocycles. The highest BCUT2D eigenvalue weighted by molar-refractivity contribution is 5.24. The second-order valence-corrected chi connectivity index (χ2v) is 7.04. The van der Waals surface area contributed by atoms with E-state index in [1.807, 2.05) is 17.9 Å². The zero-order valence-electron chi connectivity index (χ0n) is 15.4. The molecule has 5 heteroatoms. The number of likely N-dealkylation sites (N-methyl/N-ethyl adjacent to an activating group) is 1. The molecule has 0 aliphatic carbocycles. The molecule has 3 rings (SSSR count). The Balaban J connectivity index is 1.49. The van der Waals surface area contributed by atoms with E-state index in [-0.39, 0.29) is 0 Å². The molecule has 0 radical (unpaired) electrons. The number of nitrogens with two attached hydrogens (primary N) is 1. The van der Waals surface area contributed by atoms with E-state index in [0.717, 1.165) is 38.9 Å². The van der Waals surface area contributed by atoms with Crippen LogP contribution >= 0.6 is 0 Å². The van der Waals surface area contributed by atoms with Crippen molar-refractivity contribution in [3.05, 3.63) is 53.3 Å². The fourth-order valence-corrected chi connectivity index (χ4v) is 3.62. The summed E-state index contributed by atoms with van der Waals surface area (Å²) >= 11 is 0. The average molecular weight is 342 g/mol. The third-order valence-corrected chi connectivity index (χ3v) is 4.96. The smallest absolute Gasteiger partial charge is 0.0707 e. The molecule has 1 aromatic carbocycles. The Labute approximate surface area is 150 Å². The van der Waals surface area contributed by atoms with E-state index in [9.17, 15) is 0 Å². The molecule has 0 amide bonds. The van der Waals surface area contributed by atoms with E-state index in [2.05, 4.69) is 47.4 Å². The van der Waals surface area contributed by atoms with Crippen LogP contribution in [0.25, 0.3) is 0 Å². The molecule has 0 spiro atoms. The van der Waals surface area contributed by atoms with Gasteiger partial charge in [-0.3, -0.25) is 9.58 Å². The highest BCUT2D eigenvalue weighted by Gasteiger charge is 2.26. The van der Waals surface area contributed by atoms with Gasteiger partial charge in [0.1, 0.15) is 0 Å². The minimum Gasteiger partial charge on any atom is -0.373 e. The Hall–Kier alpha value is -1.69. The van der Waals surface area contributed by atoms with Gasteiger partial charge in [-0.15, -0.1) is 0 Å². The topological polar surface area (TPSA) is 56.3 Å². The maximum absolute atomic E-state index is 6.32. The van der Waals surface area contributed by atoms with Gasteiger partial charge in [-0.25, -0.2) is 0 Å². The van der Waals surface area contributed by atoms with Crippen molar-refractivity contribution in [2.75, 3.05) is 13.1 Å². The fourth-order valence-electron chi connectivity index (χ4n) is 3.62. The molecule has 5 nitrogen and oxygen atoms in total. The lowest BCUT2D eigenvalue weighted by atomic mass is 10.0. The van der Waals surface area contributed by atoms with Crippen LogP contribution in [-0.2, 0) is 31.3 Å². The highest BCUT2D eigenvalue weighted by Crippen LogP contribution is 2.24. The number of nitrogens with zero attached hydrogens (tertiary/aromatic N) is 3. The first-order valence-corrected chi connectivity index (χ1v) is 9.29. The Kier molecular flexibility index (Phi) is 6.24. The van der Waals surface area contributed by atoms with Crippen molar-refractivity contribution in [1.29, 1.82) is 0 Å². The molecule has 136 valence electrons.